The monoisotopic (exact) mass is 377 g/mol. The van der Waals surface area contributed by atoms with E-state index in [9.17, 15) is 10.2 Å². The number of nitrogens with one attached hydrogen (secondary N) is 2. The fourth-order valence-corrected chi connectivity index (χ4v) is 3.81. The Kier molecular flexibility index (Phi) is 8.72. The van der Waals surface area contributed by atoms with E-state index in [2.05, 4.69) is 17.6 Å². The summed E-state index contributed by atoms with van der Waals surface area (Å²) in [5.41, 5.74) is 1.02. The lowest BCUT2D eigenvalue weighted by atomic mass is 9.72. The van der Waals surface area contributed by atoms with Crippen LogP contribution in [-0.2, 0) is 6.42 Å². The number of ether oxygens (including phenoxy) is 1. The van der Waals surface area contributed by atoms with Crippen LogP contribution in [0.2, 0.25) is 0 Å². The third-order valence-electron chi connectivity index (χ3n) is 5.45. The normalized spacial score (nSPS) is 16.8. The highest BCUT2D eigenvalue weighted by atomic mass is 16.5. The molecule has 1 fully saturated rings. The van der Waals surface area contributed by atoms with Crippen molar-refractivity contribution in [2.45, 2.75) is 51.9 Å². The van der Waals surface area contributed by atoms with Gasteiger partial charge in [-0.2, -0.15) is 0 Å². The van der Waals surface area contributed by atoms with Gasteiger partial charge in [-0.25, -0.2) is 0 Å². The number of hydrogen-bond acceptors (Lipinski definition) is 4. The van der Waals surface area contributed by atoms with Crippen molar-refractivity contribution in [3.05, 3.63) is 23.8 Å². The third kappa shape index (κ3) is 6.61. The molecule has 0 amide bonds. The summed E-state index contributed by atoms with van der Waals surface area (Å²) in [6.07, 6.45) is 7.58. The van der Waals surface area contributed by atoms with Crippen molar-refractivity contribution in [2.24, 2.45) is 10.4 Å². The van der Waals surface area contributed by atoms with Gasteiger partial charge in [0.05, 0.1) is 7.11 Å². The highest BCUT2D eigenvalue weighted by Crippen LogP contribution is 2.39. The largest absolute Gasteiger partial charge is 0.508 e. The minimum atomic E-state index is 0.142. The molecule has 0 radical (unpaired) electrons. The van der Waals surface area contributed by atoms with Crippen LogP contribution in [-0.4, -0.2) is 49.5 Å². The summed E-state index contributed by atoms with van der Waals surface area (Å²) in [5.74, 6) is 1.70. The molecule has 152 valence electrons. The Hall–Kier alpha value is -1.95. The van der Waals surface area contributed by atoms with Crippen LogP contribution in [0.3, 0.4) is 0 Å². The number of hydrogen-bond donors (Lipinski definition) is 4. The zero-order chi connectivity index (χ0) is 19.5. The minimum absolute atomic E-state index is 0.142. The van der Waals surface area contributed by atoms with E-state index in [-0.39, 0.29) is 17.8 Å². The molecule has 0 bridgehead atoms. The first kappa shape index (κ1) is 21.4. The molecule has 0 aliphatic heterocycles. The number of aromatic hydroxyl groups is 1. The summed E-state index contributed by atoms with van der Waals surface area (Å²) in [7, 11) is 1.59. The van der Waals surface area contributed by atoms with E-state index in [0.29, 0.717) is 18.7 Å². The molecule has 1 aliphatic rings. The van der Waals surface area contributed by atoms with Crippen LogP contribution in [0.4, 0.5) is 0 Å². The van der Waals surface area contributed by atoms with Gasteiger partial charge in [-0.05, 0) is 49.7 Å². The predicted octanol–water partition coefficient (Wildman–Crippen LogP) is 2.83. The average molecular weight is 378 g/mol. The Labute approximate surface area is 163 Å². The summed E-state index contributed by atoms with van der Waals surface area (Å²) in [6, 6.07) is 5.38. The minimum Gasteiger partial charge on any atom is -0.508 e. The summed E-state index contributed by atoms with van der Waals surface area (Å²) < 4.78 is 5.12. The molecule has 0 atom stereocenters. The van der Waals surface area contributed by atoms with Crippen molar-refractivity contribution in [1.82, 2.24) is 10.6 Å². The second kappa shape index (κ2) is 11.0. The van der Waals surface area contributed by atoms with Crippen LogP contribution in [0.1, 0.15) is 51.0 Å². The Balaban J connectivity index is 1.92. The quantitative estimate of drug-likeness (QED) is 0.393. The summed E-state index contributed by atoms with van der Waals surface area (Å²) in [4.78, 5) is 4.81. The highest BCUT2D eigenvalue weighted by Gasteiger charge is 2.31. The van der Waals surface area contributed by atoms with Gasteiger partial charge in [-0.3, -0.25) is 4.99 Å². The second-order valence-corrected chi connectivity index (χ2v) is 7.40. The van der Waals surface area contributed by atoms with Crippen molar-refractivity contribution in [1.29, 1.82) is 0 Å². The van der Waals surface area contributed by atoms with Gasteiger partial charge in [0, 0.05) is 32.3 Å². The second-order valence-electron chi connectivity index (χ2n) is 7.40. The van der Waals surface area contributed by atoms with E-state index >= 15 is 0 Å². The lowest BCUT2D eigenvalue weighted by molar-refractivity contribution is 0.137. The lowest BCUT2D eigenvalue weighted by Crippen LogP contribution is -2.40. The third-order valence-corrected chi connectivity index (χ3v) is 5.45. The van der Waals surface area contributed by atoms with Crippen LogP contribution in [0.25, 0.3) is 0 Å². The zero-order valence-electron chi connectivity index (χ0n) is 16.8. The standard InChI is InChI=1S/C21H35N3O3/c1-3-22-20(24-16-21(12-14-25)10-5-4-6-11-21)23-13-9-17-7-8-18(27-2)15-19(17)26/h7-8,15,25-26H,3-6,9-14,16H2,1-2H3,(H2,22,23,24). The first-order chi connectivity index (χ1) is 13.1. The molecule has 6 heteroatoms. The summed E-state index contributed by atoms with van der Waals surface area (Å²) in [6.45, 7) is 4.51. The summed E-state index contributed by atoms with van der Waals surface area (Å²) in [5, 5.41) is 26.2. The molecular weight excluding hydrogens is 342 g/mol. The molecule has 1 aromatic rings. The van der Waals surface area contributed by atoms with E-state index in [1.807, 2.05) is 12.1 Å². The van der Waals surface area contributed by atoms with Crippen LogP contribution in [0.5, 0.6) is 11.5 Å². The van der Waals surface area contributed by atoms with Crippen LogP contribution in [0.15, 0.2) is 23.2 Å². The average Bonchev–Trinajstić information content (AvgIpc) is 2.68. The van der Waals surface area contributed by atoms with Crippen LogP contribution in [0, 0.1) is 5.41 Å². The molecule has 0 saturated heterocycles. The Morgan fingerprint density at radius 1 is 1.22 bits per heavy atom. The molecular formula is C21H35N3O3. The fraction of sp³-hybridized carbons (Fsp3) is 0.667. The van der Waals surface area contributed by atoms with Gasteiger partial charge < -0.3 is 25.6 Å². The van der Waals surface area contributed by atoms with Gasteiger partial charge >= 0.3 is 0 Å². The first-order valence-electron chi connectivity index (χ1n) is 10.1. The number of rotatable bonds is 9. The van der Waals surface area contributed by atoms with Crippen molar-refractivity contribution >= 4 is 5.96 Å². The van der Waals surface area contributed by atoms with Gasteiger partial charge in [-0.15, -0.1) is 0 Å². The van der Waals surface area contributed by atoms with Gasteiger partial charge in [-0.1, -0.05) is 25.3 Å². The maximum absolute atomic E-state index is 10.1. The molecule has 1 saturated carbocycles. The molecule has 0 spiro atoms. The predicted molar refractivity (Wildman–Crippen MR) is 110 cm³/mol. The number of aliphatic hydroxyl groups excluding tert-OH is 1. The molecule has 1 aromatic carbocycles. The summed E-state index contributed by atoms with van der Waals surface area (Å²) >= 11 is 0. The van der Waals surface area contributed by atoms with Crippen LogP contribution >= 0.6 is 0 Å². The van der Waals surface area contributed by atoms with Crippen LogP contribution < -0.4 is 15.4 Å². The van der Waals surface area contributed by atoms with Crippen molar-refractivity contribution in [3.8, 4) is 11.5 Å². The van der Waals surface area contributed by atoms with Gasteiger partial charge in [0.2, 0.25) is 0 Å². The number of methoxy groups -OCH3 is 1. The zero-order valence-corrected chi connectivity index (χ0v) is 16.8. The molecule has 0 aromatic heterocycles. The number of guanidine groups is 1. The van der Waals surface area contributed by atoms with Crippen molar-refractivity contribution < 1.29 is 14.9 Å². The molecule has 27 heavy (non-hydrogen) atoms. The Morgan fingerprint density at radius 3 is 2.63 bits per heavy atom. The topological polar surface area (TPSA) is 86.1 Å². The number of phenols is 1. The number of benzene rings is 1. The maximum atomic E-state index is 10.1. The van der Waals surface area contributed by atoms with E-state index in [4.69, 9.17) is 9.73 Å². The number of nitrogens with zero attached hydrogens (tertiary/aromatic N) is 1. The van der Waals surface area contributed by atoms with E-state index < -0.39 is 0 Å². The van der Waals surface area contributed by atoms with Gasteiger partial charge in [0.15, 0.2) is 5.96 Å². The lowest BCUT2D eigenvalue weighted by Gasteiger charge is -2.35. The van der Waals surface area contributed by atoms with E-state index in [0.717, 1.165) is 43.9 Å². The molecule has 1 aliphatic carbocycles. The maximum Gasteiger partial charge on any atom is 0.191 e. The number of aliphatic imine (C=N–C) groups is 1. The van der Waals surface area contributed by atoms with Gasteiger partial charge in [0.25, 0.3) is 0 Å². The van der Waals surface area contributed by atoms with Crippen molar-refractivity contribution in [3.63, 3.8) is 0 Å². The smallest absolute Gasteiger partial charge is 0.191 e. The van der Waals surface area contributed by atoms with E-state index in [1.54, 1.807) is 13.2 Å². The molecule has 4 N–H and O–H groups in total. The molecule has 0 heterocycles. The first-order valence-corrected chi connectivity index (χ1v) is 10.1. The highest BCUT2D eigenvalue weighted by molar-refractivity contribution is 5.79. The number of aliphatic hydroxyl groups is 1. The fourth-order valence-electron chi connectivity index (χ4n) is 3.81. The Bertz CT molecular complexity index is 593. The van der Waals surface area contributed by atoms with Crippen molar-refractivity contribution in [2.75, 3.05) is 33.4 Å². The number of phenolic OH excluding ortho intramolecular Hbond substituents is 1. The van der Waals surface area contributed by atoms with E-state index in [1.165, 1.54) is 19.3 Å². The molecule has 0 unspecified atom stereocenters. The molecule has 2 rings (SSSR count). The Morgan fingerprint density at radius 2 is 2.00 bits per heavy atom. The van der Waals surface area contributed by atoms with Gasteiger partial charge in [0.1, 0.15) is 11.5 Å². The SMILES string of the molecule is CCNC(=NCC1(CCO)CCCCC1)NCCc1ccc(OC)cc1O. The molecule has 6 nitrogen and oxygen atoms in total.